The zero-order valence-corrected chi connectivity index (χ0v) is 15.1. The van der Waals surface area contributed by atoms with Gasteiger partial charge in [0.15, 0.2) is 11.5 Å². The fourth-order valence-electron chi connectivity index (χ4n) is 3.35. The number of nitrogens with zero attached hydrogens (tertiary/aromatic N) is 1. The average molecular weight is 348 g/mol. The molecule has 26 heavy (non-hydrogen) atoms. The highest BCUT2D eigenvalue weighted by atomic mass is 16.3. The number of carbonyl (C=O) groups is 1. The van der Waals surface area contributed by atoms with Crippen molar-refractivity contribution in [2.75, 3.05) is 6.54 Å². The van der Waals surface area contributed by atoms with Gasteiger partial charge in [-0.1, -0.05) is 43.3 Å². The molecule has 0 atom stereocenters. The molecule has 4 heteroatoms. The van der Waals surface area contributed by atoms with E-state index in [-0.39, 0.29) is 11.8 Å². The molecule has 1 saturated carbocycles. The van der Waals surface area contributed by atoms with Gasteiger partial charge in [0.1, 0.15) is 5.52 Å². The van der Waals surface area contributed by atoms with E-state index >= 15 is 0 Å². The smallest absolute Gasteiger partial charge is 0.223 e. The van der Waals surface area contributed by atoms with Crippen LogP contribution in [0.1, 0.15) is 37.6 Å². The highest BCUT2D eigenvalue weighted by Gasteiger charge is 2.29. The number of benzene rings is 2. The van der Waals surface area contributed by atoms with Crippen LogP contribution in [0.2, 0.25) is 0 Å². The Hall–Kier alpha value is -2.62. The molecule has 1 fully saturated rings. The minimum atomic E-state index is 0.208. The van der Waals surface area contributed by atoms with Crippen molar-refractivity contribution >= 4 is 17.0 Å². The molecule has 0 unspecified atom stereocenters. The summed E-state index contributed by atoms with van der Waals surface area (Å²) in [7, 11) is 0. The SMILES string of the molecule is CCc1nc2ccc(-c3ccccc3)c(CCCNC(=O)C3CC3)c2o1. The fraction of sp³-hybridized carbons (Fsp3) is 0.364. The Kier molecular flexibility index (Phi) is 4.74. The van der Waals surface area contributed by atoms with Gasteiger partial charge in [-0.25, -0.2) is 4.98 Å². The van der Waals surface area contributed by atoms with Crippen LogP contribution in [-0.4, -0.2) is 17.4 Å². The Balaban J connectivity index is 1.60. The van der Waals surface area contributed by atoms with E-state index in [9.17, 15) is 4.79 Å². The van der Waals surface area contributed by atoms with Crippen LogP contribution in [0, 0.1) is 5.92 Å². The lowest BCUT2D eigenvalue weighted by Crippen LogP contribution is -2.26. The van der Waals surface area contributed by atoms with Crippen LogP contribution in [0.4, 0.5) is 0 Å². The second-order valence-corrected chi connectivity index (χ2v) is 6.94. The first-order valence-corrected chi connectivity index (χ1v) is 9.50. The summed E-state index contributed by atoms with van der Waals surface area (Å²) in [6.45, 7) is 2.75. The number of hydrogen-bond acceptors (Lipinski definition) is 3. The number of fused-ring (bicyclic) bond motifs is 1. The maximum absolute atomic E-state index is 11.8. The van der Waals surface area contributed by atoms with E-state index in [2.05, 4.69) is 47.6 Å². The third-order valence-corrected chi connectivity index (χ3v) is 4.94. The molecule has 3 aromatic rings. The van der Waals surface area contributed by atoms with Gasteiger partial charge in [-0.3, -0.25) is 4.79 Å². The Labute approximate surface area is 153 Å². The van der Waals surface area contributed by atoms with E-state index in [4.69, 9.17) is 4.42 Å². The summed E-state index contributed by atoms with van der Waals surface area (Å²) >= 11 is 0. The topological polar surface area (TPSA) is 55.1 Å². The summed E-state index contributed by atoms with van der Waals surface area (Å²) in [6.07, 6.45) is 4.61. The number of rotatable bonds is 7. The maximum atomic E-state index is 11.8. The molecule has 134 valence electrons. The average Bonchev–Trinajstić information content (AvgIpc) is 3.44. The third kappa shape index (κ3) is 3.50. The summed E-state index contributed by atoms with van der Waals surface area (Å²) < 4.78 is 6.04. The van der Waals surface area contributed by atoms with Crippen LogP contribution < -0.4 is 5.32 Å². The van der Waals surface area contributed by atoms with Crippen molar-refractivity contribution in [1.29, 1.82) is 0 Å². The Morgan fingerprint density at radius 2 is 2.00 bits per heavy atom. The van der Waals surface area contributed by atoms with E-state index < -0.39 is 0 Å². The fourth-order valence-corrected chi connectivity index (χ4v) is 3.35. The quantitative estimate of drug-likeness (QED) is 0.639. The molecule has 1 aromatic heterocycles. The van der Waals surface area contributed by atoms with Crippen molar-refractivity contribution in [3.8, 4) is 11.1 Å². The second-order valence-electron chi connectivity index (χ2n) is 6.94. The molecule has 4 nitrogen and oxygen atoms in total. The second kappa shape index (κ2) is 7.32. The predicted octanol–water partition coefficient (Wildman–Crippen LogP) is 4.52. The molecule has 0 saturated heterocycles. The zero-order chi connectivity index (χ0) is 17.9. The lowest BCUT2D eigenvalue weighted by molar-refractivity contribution is -0.122. The summed E-state index contributed by atoms with van der Waals surface area (Å²) in [4.78, 5) is 16.4. The molecule has 1 N–H and O–H groups in total. The lowest BCUT2D eigenvalue weighted by atomic mass is 9.95. The van der Waals surface area contributed by atoms with Gasteiger partial charge in [-0.2, -0.15) is 0 Å². The van der Waals surface area contributed by atoms with Crippen LogP contribution in [0.3, 0.4) is 0 Å². The molecule has 0 radical (unpaired) electrons. The van der Waals surface area contributed by atoms with Gasteiger partial charge in [-0.05, 0) is 42.9 Å². The largest absolute Gasteiger partial charge is 0.440 e. The van der Waals surface area contributed by atoms with E-state index in [0.29, 0.717) is 6.54 Å². The van der Waals surface area contributed by atoms with Crippen LogP contribution in [-0.2, 0) is 17.6 Å². The number of nitrogens with one attached hydrogen (secondary N) is 1. The number of aryl methyl sites for hydroxylation is 2. The van der Waals surface area contributed by atoms with Crippen LogP contribution >= 0.6 is 0 Å². The third-order valence-electron chi connectivity index (χ3n) is 4.94. The molecule has 0 aliphatic heterocycles. The maximum Gasteiger partial charge on any atom is 0.223 e. The monoisotopic (exact) mass is 348 g/mol. The highest BCUT2D eigenvalue weighted by Crippen LogP contribution is 2.32. The molecular formula is C22H24N2O2. The van der Waals surface area contributed by atoms with Gasteiger partial charge in [0, 0.05) is 24.4 Å². The van der Waals surface area contributed by atoms with Crippen molar-refractivity contribution in [2.24, 2.45) is 5.92 Å². The zero-order valence-electron chi connectivity index (χ0n) is 15.1. The number of oxazole rings is 1. The van der Waals surface area contributed by atoms with Crippen molar-refractivity contribution in [1.82, 2.24) is 10.3 Å². The first-order valence-electron chi connectivity index (χ1n) is 9.50. The minimum Gasteiger partial charge on any atom is -0.440 e. The summed E-state index contributed by atoms with van der Waals surface area (Å²) in [5.74, 6) is 1.24. The van der Waals surface area contributed by atoms with Crippen LogP contribution in [0.15, 0.2) is 46.9 Å². The molecule has 2 aromatic carbocycles. The molecule has 1 aliphatic rings. The first-order chi connectivity index (χ1) is 12.8. The van der Waals surface area contributed by atoms with Crippen LogP contribution in [0.5, 0.6) is 0 Å². The van der Waals surface area contributed by atoms with Crippen molar-refractivity contribution in [3.63, 3.8) is 0 Å². The Morgan fingerprint density at radius 3 is 2.73 bits per heavy atom. The minimum absolute atomic E-state index is 0.208. The number of aromatic nitrogens is 1. The molecule has 1 amide bonds. The summed E-state index contributed by atoms with van der Waals surface area (Å²) in [5.41, 5.74) is 5.35. The van der Waals surface area contributed by atoms with Gasteiger partial charge in [0.25, 0.3) is 0 Å². The van der Waals surface area contributed by atoms with Crippen molar-refractivity contribution in [3.05, 3.63) is 53.9 Å². The number of hydrogen-bond donors (Lipinski definition) is 1. The van der Waals surface area contributed by atoms with E-state index in [1.807, 2.05) is 12.1 Å². The Bertz CT molecular complexity index is 911. The molecule has 4 rings (SSSR count). The van der Waals surface area contributed by atoms with Gasteiger partial charge in [0.05, 0.1) is 0 Å². The van der Waals surface area contributed by atoms with E-state index in [0.717, 1.165) is 49.1 Å². The Morgan fingerprint density at radius 1 is 1.19 bits per heavy atom. The van der Waals surface area contributed by atoms with Gasteiger partial charge in [0.2, 0.25) is 5.91 Å². The lowest BCUT2D eigenvalue weighted by Gasteiger charge is -2.11. The summed E-state index contributed by atoms with van der Waals surface area (Å²) in [6, 6.07) is 14.6. The molecule has 0 spiro atoms. The highest BCUT2D eigenvalue weighted by molar-refractivity contribution is 5.85. The van der Waals surface area contributed by atoms with Crippen molar-refractivity contribution < 1.29 is 9.21 Å². The first kappa shape index (κ1) is 16.8. The number of carbonyl (C=O) groups excluding carboxylic acids is 1. The van der Waals surface area contributed by atoms with Crippen LogP contribution in [0.25, 0.3) is 22.2 Å². The molecular weight excluding hydrogens is 324 g/mol. The van der Waals surface area contributed by atoms with Gasteiger partial charge < -0.3 is 9.73 Å². The van der Waals surface area contributed by atoms with Gasteiger partial charge >= 0.3 is 0 Å². The predicted molar refractivity (Wildman–Crippen MR) is 103 cm³/mol. The summed E-state index contributed by atoms with van der Waals surface area (Å²) in [5, 5.41) is 3.05. The normalized spacial score (nSPS) is 13.9. The molecule has 1 aliphatic carbocycles. The van der Waals surface area contributed by atoms with E-state index in [1.54, 1.807) is 0 Å². The molecule has 1 heterocycles. The number of amides is 1. The van der Waals surface area contributed by atoms with E-state index in [1.165, 1.54) is 16.7 Å². The standard InChI is InChI=1S/C22H24N2O2/c1-2-20-24-19-13-12-17(15-7-4-3-5-8-15)18(21(19)26-20)9-6-14-23-22(25)16-10-11-16/h3-5,7-8,12-13,16H,2,6,9-11,14H2,1H3,(H,23,25). The molecule has 0 bridgehead atoms. The van der Waals surface area contributed by atoms with Crippen molar-refractivity contribution in [2.45, 2.75) is 39.0 Å². The van der Waals surface area contributed by atoms with Gasteiger partial charge in [-0.15, -0.1) is 0 Å².